The van der Waals surface area contributed by atoms with Crippen molar-refractivity contribution in [3.63, 3.8) is 0 Å². The van der Waals surface area contributed by atoms with Crippen molar-refractivity contribution in [1.29, 1.82) is 0 Å². The van der Waals surface area contributed by atoms with Crippen molar-refractivity contribution in [2.45, 2.75) is 39.5 Å². The Morgan fingerprint density at radius 2 is 1.71 bits per heavy atom. The van der Waals surface area contributed by atoms with Gasteiger partial charge in [0.2, 0.25) is 0 Å². The van der Waals surface area contributed by atoms with Crippen LogP contribution >= 0.6 is 0 Å². The smallest absolute Gasteiger partial charge is 0.254 e. The van der Waals surface area contributed by atoms with Gasteiger partial charge in [-0.15, -0.1) is 0 Å². The molecule has 4 rings (SSSR count). The standard InChI is InChI=1S/C26H32N2O3/c1-19-10-11-24(20(2)15-19)26(30)28-14-6-7-21(17-28)18-31-23-9-5-8-22(16-23)25(29)27-12-3-4-13-27/h5,8-11,15-16,21H,3-4,6-7,12-14,17-18H2,1-2H3/t21-/m0/s1. The first-order chi connectivity index (χ1) is 15.0. The summed E-state index contributed by atoms with van der Waals surface area (Å²) in [5.41, 5.74) is 3.68. The highest BCUT2D eigenvalue weighted by molar-refractivity contribution is 5.96. The van der Waals surface area contributed by atoms with Crippen molar-refractivity contribution in [3.8, 4) is 5.75 Å². The number of hydrogen-bond donors (Lipinski definition) is 0. The van der Waals surface area contributed by atoms with Crippen LogP contribution in [-0.2, 0) is 0 Å². The molecule has 0 bridgehead atoms. The van der Waals surface area contributed by atoms with Crippen LogP contribution in [0.25, 0.3) is 0 Å². The first-order valence-corrected chi connectivity index (χ1v) is 11.4. The first kappa shape index (κ1) is 21.4. The average Bonchev–Trinajstić information content (AvgIpc) is 3.32. The zero-order valence-electron chi connectivity index (χ0n) is 18.6. The molecule has 0 aliphatic carbocycles. The number of rotatable bonds is 5. The maximum absolute atomic E-state index is 13.0. The van der Waals surface area contributed by atoms with Gasteiger partial charge in [-0.3, -0.25) is 9.59 Å². The predicted octanol–water partition coefficient (Wildman–Crippen LogP) is 4.47. The summed E-state index contributed by atoms with van der Waals surface area (Å²) < 4.78 is 6.06. The monoisotopic (exact) mass is 420 g/mol. The lowest BCUT2D eigenvalue weighted by atomic mass is 9.97. The topological polar surface area (TPSA) is 49.9 Å². The molecule has 2 amide bonds. The third-order valence-electron chi connectivity index (χ3n) is 6.38. The second-order valence-electron chi connectivity index (χ2n) is 8.92. The van der Waals surface area contributed by atoms with Crippen molar-refractivity contribution < 1.29 is 14.3 Å². The number of nitrogens with zero attached hydrogens (tertiary/aromatic N) is 2. The summed E-state index contributed by atoms with van der Waals surface area (Å²) in [6, 6.07) is 13.5. The number of carbonyl (C=O) groups excluding carboxylic acids is 2. The number of likely N-dealkylation sites (tertiary alicyclic amines) is 2. The molecule has 0 spiro atoms. The molecule has 0 unspecified atom stereocenters. The van der Waals surface area contributed by atoms with E-state index in [-0.39, 0.29) is 11.8 Å². The number of benzene rings is 2. The fourth-order valence-electron chi connectivity index (χ4n) is 4.65. The molecular weight excluding hydrogens is 388 g/mol. The van der Waals surface area contributed by atoms with Gasteiger partial charge in [0.05, 0.1) is 6.61 Å². The van der Waals surface area contributed by atoms with Crippen LogP contribution in [0.1, 0.15) is 57.5 Å². The molecule has 5 heteroatoms. The Kier molecular flexibility index (Phi) is 6.59. The fourth-order valence-corrected chi connectivity index (χ4v) is 4.65. The number of aryl methyl sites for hydroxylation is 2. The van der Waals surface area contributed by atoms with Gasteiger partial charge in [0.25, 0.3) is 11.8 Å². The number of carbonyl (C=O) groups is 2. The van der Waals surface area contributed by atoms with Crippen molar-refractivity contribution >= 4 is 11.8 Å². The van der Waals surface area contributed by atoms with Crippen LogP contribution in [0.4, 0.5) is 0 Å². The minimum absolute atomic E-state index is 0.0888. The summed E-state index contributed by atoms with van der Waals surface area (Å²) in [6.07, 6.45) is 4.20. The zero-order chi connectivity index (χ0) is 21.8. The van der Waals surface area contributed by atoms with Crippen LogP contribution in [0.2, 0.25) is 0 Å². The Bertz CT molecular complexity index is 949. The summed E-state index contributed by atoms with van der Waals surface area (Å²) in [6.45, 7) is 7.79. The van der Waals surface area contributed by atoms with Crippen LogP contribution in [0.3, 0.4) is 0 Å². The van der Waals surface area contributed by atoms with Crippen LogP contribution in [0, 0.1) is 19.8 Å². The molecule has 0 N–H and O–H groups in total. The molecule has 31 heavy (non-hydrogen) atoms. The first-order valence-electron chi connectivity index (χ1n) is 11.4. The molecule has 2 aromatic rings. The van der Waals surface area contributed by atoms with E-state index in [1.807, 2.05) is 60.0 Å². The zero-order valence-corrected chi connectivity index (χ0v) is 18.6. The Morgan fingerprint density at radius 1 is 0.935 bits per heavy atom. The Labute approximate surface area is 185 Å². The van der Waals surface area contributed by atoms with Gasteiger partial charge in [0.15, 0.2) is 0 Å². The summed E-state index contributed by atoms with van der Waals surface area (Å²) in [5.74, 6) is 1.22. The molecule has 2 fully saturated rings. The van der Waals surface area contributed by atoms with Gasteiger partial charge >= 0.3 is 0 Å². The van der Waals surface area contributed by atoms with Gasteiger partial charge in [-0.2, -0.15) is 0 Å². The molecule has 2 heterocycles. The van der Waals surface area contributed by atoms with Crippen LogP contribution < -0.4 is 4.74 Å². The van der Waals surface area contributed by atoms with Crippen LogP contribution in [-0.4, -0.2) is 54.4 Å². The Hall–Kier alpha value is -2.82. The summed E-state index contributed by atoms with van der Waals surface area (Å²) >= 11 is 0. The van der Waals surface area contributed by atoms with Gasteiger partial charge in [-0.05, 0) is 69.4 Å². The number of ether oxygens (including phenoxy) is 1. The third kappa shape index (κ3) is 5.09. The highest BCUT2D eigenvalue weighted by Gasteiger charge is 2.26. The lowest BCUT2D eigenvalue weighted by molar-refractivity contribution is 0.0631. The van der Waals surface area contributed by atoms with E-state index in [1.165, 1.54) is 5.56 Å². The summed E-state index contributed by atoms with van der Waals surface area (Å²) in [5, 5.41) is 0. The molecular formula is C26H32N2O3. The molecule has 164 valence electrons. The van der Waals surface area contributed by atoms with E-state index in [2.05, 4.69) is 6.07 Å². The highest BCUT2D eigenvalue weighted by atomic mass is 16.5. The molecule has 0 aromatic heterocycles. The second kappa shape index (κ2) is 9.54. The van der Waals surface area contributed by atoms with Crippen molar-refractivity contribution in [1.82, 2.24) is 9.80 Å². The lowest BCUT2D eigenvalue weighted by Gasteiger charge is -2.33. The number of amides is 2. The average molecular weight is 421 g/mol. The highest BCUT2D eigenvalue weighted by Crippen LogP contribution is 2.23. The molecule has 1 atom stereocenters. The molecule has 0 radical (unpaired) electrons. The number of hydrogen-bond acceptors (Lipinski definition) is 3. The normalized spacial score (nSPS) is 18.8. The second-order valence-corrected chi connectivity index (χ2v) is 8.92. The van der Waals surface area contributed by atoms with Crippen molar-refractivity contribution in [3.05, 3.63) is 64.7 Å². The predicted molar refractivity (Wildman–Crippen MR) is 122 cm³/mol. The van der Waals surface area contributed by atoms with Gasteiger partial charge in [0, 0.05) is 43.2 Å². The third-order valence-corrected chi connectivity index (χ3v) is 6.38. The molecule has 2 aromatic carbocycles. The Balaban J connectivity index is 1.35. The summed E-state index contributed by atoms with van der Waals surface area (Å²) in [4.78, 5) is 29.5. The van der Waals surface area contributed by atoms with Gasteiger partial charge in [-0.25, -0.2) is 0 Å². The van der Waals surface area contributed by atoms with Gasteiger partial charge in [0.1, 0.15) is 5.75 Å². The molecule has 5 nitrogen and oxygen atoms in total. The molecule has 2 saturated heterocycles. The molecule has 2 aliphatic rings. The van der Waals surface area contributed by atoms with E-state index in [0.717, 1.165) is 62.2 Å². The van der Waals surface area contributed by atoms with E-state index in [1.54, 1.807) is 0 Å². The van der Waals surface area contributed by atoms with E-state index in [4.69, 9.17) is 4.74 Å². The van der Waals surface area contributed by atoms with E-state index >= 15 is 0 Å². The van der Waals surface area contributed by atoms with Crippen molar-refractivity contribution in [2.75, 3.05) is 32.8 Å². The number of piperidine rings is 1. The fraction of sp³-hybridized carbons (Fsp3) is 0.462. The SMILES string of the molecule is Cc1ccc(C(=O)N2CCC[C@H](COc3cccc(C(=O)N4CCCC4)c3)C2)c(C)c1. The lowest BCUT2D eigenvalue weighted by Crippen LogP contribution is -2.41. The quantitative estimate of drug-likeness (QED) is 0.717. The largest absolute Gasteiger partial charge is 0.493 e. The van der Waals surface area contributed by atoms with Gasteiger partial charge in [-0.1, -0.05) is 23.8 Å². The molecule has 2 aliphatic heterocycles. The van der Waals surface area contributed by atoms with E-state index < -0.39 is 0 Å². The maximum atomic E-state index is 13.0. The minimum atomic E-state index is 0.0888. The molecule has 0 saturated carbocycles. The maximum Gasteiger partial charge on any atom is 0.254 e. The summed E-state index contributed by atoms with van der Waals surface area (Å²) in [7, 11) is 0. The Morgan fingerprint density at radius 3 is 2.48 bits per heavy atom. The van der Waals surface area contributed by atoms with Crippen LogP contribution in [0.5, 0.6) is 5.75 Å². The van der Waals surface area contributed by atoms with E-state index in [0.29, 0.717) is 24.6 Å². The van der Waals surface area contributed by atoms with Crippen LogP contribution in [0.15, 0.2) is 42.5 Å². The van der Waals surface area contributed by atoms with Gasteiger partial charge < -0.3 is 14.5 Å². The van der Waals surface area contributed by atoms with Crippen molar-refractivity contribution in [2.24, 2.45) is 5.92 Å². The minimum Gasteiger partial charge on any atom is -0.493 e. The van der Waals surface area contributed by atoms with E-state index in [9.17, 15) is 9.59 Å².